The summed E-state index contributed by atoms with van der Waals surface area (Å²) >= 11 is 0. The topological polar surface area (TPSA) is 97.7 Å². The molecule has 0 heterocycles. The minimum Gasteiger partial charge on any atom is -0.481 e. The van der Waals surface area contributed by atoms with Crippen molar-refractivity contribution < 1.29 is 28.4 Å². The van der Waals surface area contributed by atoms with Crippen LogP contribution in [0.4, 0.5) is 0 Å². The van der Waals surface area contributed by atoms with Crippen LogP contribution in [-0.2, 0) is 36.3 Å². The summed E-state index contributed by atoms with van der Waals surface area (Å²) < 4.78 is 17.1. The third kappa shape index (κ3) is 7.38. The number of carbonyl (C=O) groups is 3. The lowest BCUT2D eigenvalue weighted by molar-refractivity contribution is -0.138. The minimum atomic E-state index is -1.11. The van der Waals surface area contributed by atoms with Gasteiger partial charge in [0.25, 0.3) is 0 Å². The summed E-state index contributed by atoms with van der Waals surface area (Å²) in [7, 11) is 0.449. The van der Waals surface area contributed by atoms with Crippen LogP contribution >= 0.6 is 0 Å². The van der Waals surface area contributed by atoms with Crippen molar-refractivity contribution >= 4 is 34.4 Å². The molecular formula is C24H26O6S. The third-order valence-corrected chi connectivity index (χ3v) is 5.76. The number of aldehydes is 1. The maximum atomic E-state index is 12.0. The summed E-state index contributed by atoms with van der Waals surface area (Å²) in [4.78, 5) is 35.2. The first-order chi connectivity index (χ1) is 14.8. The van der Waals surface area contributed by atoms with Crippen molar-refractivity contribution in [3.63, 3.8) is 0 Å². The van der Waals surface area contributed by atoms with Gasteiger partial charge in [0.15, 0.2) is 6.29 Å². The van der Waals surface area contributed by atoms with Crippen molar-refractivity contribution in [2.45, 2.75) is 19.3 Å². The molecule has 0 aliphatic heterocycles. The molecule has 0 saturated heterocycles. The fraction of sp³-hybridized carbons (Fsp3) is 0.292. The van der Waals surface area contributed by atoms with Gasteiger partial charge in [-0.3, -0.25) is 18.6 Å². The fourth-order valence-corrected chi connectivity index (χ4v) is 3.76. The standard InChI is InChI=1S/C24H26O6S/c1-30-16-23(18-4-3-5-21(12-10-18)31(2)29)22(15-25)19-8-6-17(7-9-19)14-20(26)11-13-24(27)28/h3-10,12,15,18H,11,13-14,16H2,1-2H3,(H,27,28)/b23-22-. The molecule has 7 heteroatoms. The van der Waals surface area contributed by atoms with E-state index in [1.807, 2.05) is 18.2 Å². The Morgan fingerprint density at radius 3 is 2.45 bits per heavy atom. The number of aliphatic carboxylic acids is 1. The van der Waals surface area contributed by atoms with E-state index in [1.54, 1.807) is 49.8 Å². The summed E-state index contributed by atoms with van der Waals surface area (Å²) in [5, 5.41) is 8.69. The normalized spacial score (nSPS) is 17.4. The molecule has 1 aromatic carbocycles. The van der Waals surface area contributed by atoms with Gasteiger partial charge in [0.1, 0.15) is 5.78 Å². The van der Waals surface area contributed by atoms with Crippen LogP contribution in [0.1, 0.15) is 24.0 Å². The number of Topliss-reactive ketones (excluding diaryl/α,β-unsaturated/α-hetero) is 1. The van der Waals surface area contributed by atoms with Crippen molar-refractivity contribution in [2.24, 2.45) is 5.92 Å². The zero-order chi connectivity index (χ0) is 22.8. The lowest BCUT2D eigenvalue weighted by Gasteiger charge is -2.17. The first-order valence-corrected chi connectivity index (χ1v) is 11.3. The zero-order valence-electron chi connectivity index (χ0n) is 17.6. The summed E-state index contributed by atoms with van der Waals surface area (Å²) in [5.74, 6) is -1.34. The molecular weight excluding hydrogens is 416 g/mol. The van der Waals surface area contributed by atoms with Crippen LogP contribution in [0.25, 0.3) is 5.57 Å². The molecule has 31 heavy (non-hydrogen) atoms. The highest BCUT2D eigenvalue weighted by atomic mass is 32.2. The van der Waals surface area contributed by atoms with Gasteiger partial charge in [0.2, 0.25) is 0 Å². The van der Waals surface area contributed by atoms with Crippen LogP contribution in [0.5, 0.6) is 0 Å². The Morgan fingerprint density at radius 1 is 1.16 bits per heavy atom. The summed E-state index contributed by atoms with van der Waals surface area (Å²) in [6.07, 6.45) is 11.6. The molecule has 164 valence electrons. The van der Waals surface area contributed by atoms with Gasteiger partial charge >= 0.3 is 5.97 Å². The first-order valence-electron chi connectivity index (χ1n) is 9.75. The fourth-order valence-electron chi connectivity index (χ4n) is 3.21. The van der Waals surface area contributed by atoms with Gasteiger partial charge in [-0.15, -0.1) is 0 Å². The Bertz CT molecular complexity index is 966. The van der Waals surface area contributed by atoms with Crippen molar-refractivity contribution in [3.8, 4) is 0 Å². The highest BCUT2D eigenvalue weighted by Gasteiger charge is 2.17. The molecule has 2 unspecified atom stereocenters. The van der Waals surface area contributed by atoms with Gasteiger partial charge < -0.3 is 9.84 Å². The van der Waals surface area contributed by atoms with E-state index in [1.165, 1.54) is 0 Å². The van der Waals surface area contributed by atoms with Crippen molar-refractivity contribution in [1.29, 1.82) is 0 Å². The molecule has 6 nitrogen and oxygen atoms in total. The number of hydrogen-bond donors (Lipinski definition) is 1. The van der Waals surface area contributed by atoms with Gasteiger partial charge in [0.05, 0.1) is 13.0 Å². The van der Waals surface area contributed by atoms with E-state index in [-0.39, 0.29) is 37.6 Å². The lowest BCUT2D eigenvalue weighted by atomic mass is 9.90. The molecule has 0 bridgehead atoms. The van der Waals surface area contributed by atoms with Crippen LogP contribution in [0.15, 0.2) is 65.1 Å². The predicted octanol–water partition coefficient (Wildman–Crippen LogP) is 3.27. The van der Waals surface area contributed by atoms with Crippen LogP contribution < -0.4 is 0 Å². The highest BCUT2D eigenvalue weighted by Crippen LogP contribution is 2.27. The number of rotatable bonds is 11. The lowest BCUT2D eigenvalue weighted by Crippen LogP contribution is -2.09. The Balaban J connectivity index is 2.28. The van der Waals surface area contributed by atoms with Crippen molar-refractivity contribution in [2.75, 3.05) is 20.0 Å². The molecule has 2 rings (SSSR count). The maximum Gasteiger partial charge on any atom is 0.303 e. The molecule has 0 fully saturated rings. The minimum absolute atomic E-state index is 0.00646. The molecule has 0 saturated carbocycles. The second kappa shape index (κ2) is 12.1. The molecule has 0 aromatic heterocycles. The van der Waals surface area contributed by atoms with Gasteiger partial charge in [-0.25, -0.2) is 0 Å². The molecule has 0 amide bonds. The summed E-state index contributed by atoms with van der Waals surface area (Å²) in [6, 6.07) is 7.07. The van der Waals surface area contributed by atoms with Gasteiger partial charge in [-0.05, 0) is 28.9 Å². The number of hydrogen-bond acceptors (Lipinski definition) is 5. The van der Waals surface area contributed by atoms with Gasteiger partial charge in [-0.2, -0.15) is 0 Å². The van der Waals surface area contributed by atoms with E-state index >= 15 is 0 Å². The summed E-state index contributed by atoms with van der Waals surface area (Å²) in [6.45, 7) is 0.243. The Kier molecular flexibility index (Phi) is 9.49. The number of ether oxygens (including phenoxy) is 1. The number of ketones is 1. The van der Waals surface area contributed by atoms with E-state index in [2.05, 4.69) is 0 Å². The number of carbonyl (C=O) groups excluding carboxylic acids is 2. The largest absolute Gasteiger partial charge is 0.481 e. The molecule has 0 radical (unpaired) electrons. The zero-order valence-corrected chi connectivity index (χ0v) is 18.4. The number of allylic oxidation sites excluding steroid dienone is 6. The first kappa shape index (κ1) is 24.4. The smallest absolute Gasteiger partial charge is 0.303 e. The van der Waals surface area contributed by atoms with E-state index in [0.29, 0.717) is 16.0 Å². The highest BCUT2D eigenvalue weighted by molar-refractivity contribution is 7.88. The molecule has 2 atom stereocenters. The Morgan fingerprint density at radius 2 is 1.87 bits per heavy atom. The number of methoxy groups -OCH3 is 1. The number of carboxylic acid groups (broad SMARTS) is 1. The van der Waals surface area contributed by atoms with E-state index in [9.17, 15) is 18.6 Å². The molecule has 1 N–H and O–H groups in total. The monoisotopic (exact) mass is 442 g/mol. The predicted molar refractivity (Wildman–Crippen MR) is 121 cm³/mol. The summed E-state index contributed by atoms with van der Waals surface area (Å²) in [5.41, 5.74) is 2.71. The van der Waals surface area contributed by atoms with Gasteiger partial charge in [0, 0.05) is 53.4 Å². The van der Waals surface area contributed by atoms with E-state index in [4.69, 9.17) is 9.84 Å². The van der Waals surface area contributed by atoms with Crippen molar-refractivity contribution in [3.05, 3.63) is 76.3 Å². The quantitative estimate of drug-likeness (QED) is 0.417. The third-order valence-electron chi connectivity index (χ3n) is 4.83. The molecule has 1 aliphatic carbocycles. The van der Waals surface area contributed by atoms with Crippen molar-refractivity contribution in [1.82, 2.24) is 0 Å². The molecule has 1 aliphatic rings. The van der Waals surface area contributed by atoms with Crippen LogP contribution in [0.3, 0.4) is 0 Å². The molecule has 0 spiro atoms. The average Bonchev–Trinajstić information content (AvgIpc) is 2.99. The molecule has 1 aromatic rings. The van der Waals surface area contributed by atoms with Gasteiger partial charge in [-0.1, -0.05) is 42.5 Å². The average molecular weight is 443 g/mol. The van der Waals surface area contributed by atoms with Crippen LogP contribution in [0, 0.1) is 5.92 Å². The Hall–Kier alpha value is -2.90. The van der Waals surface area contributed by atoms with E-state index in [0.717, 1.165) is 17.4 Å². The van der Waals surface area contributed by atoms with Crippen LogP contribution in [-0.4, -0.2) is 47.3 Å². The maximum absolute atomic E-state index is 12.0. The second-order valence-corrected chi connectivity index (χ2v) is 8.47. The number of benzene rings is 1. The van der Waals surface area contributed by atoms with E-state index < -0.39 is 16.8 Å². The van der Waals surface area contributed by atoms with Crippen LogP contribution in [0.2, 0.25) is 0 Å². The SMILES string of the molecule is COC/C(=C(\C=O)c1ccc(CC(=O)CCC(=O)O)cc1)C1C=CC=C(S(C)=O)C=C1. The number of carboxylic acids is 1. The Labute approximate surface area is 184 Å². The second-order valence-electron chi connectivity index (χ2n) is 7.09.